The van der Waals surface area contributed by atoms with Crippen molar-refractivity contribution in [1.82, 2.24) is 59.5 Å². The van der Waals surface area contributed by atoms with E-state index in [1.807, 2.05) is 20.8 Å². The number of halogens is 2. The molecule has 0 spiro atoms. The van der Waals surface area contributed by atoms with Crippen LogP contribution in [0.2, 0.25) is 0 Å². The van der Waals surface area contributed by atoms with Crippen molar-refractivity contribution in [1.29, 1.82) is 0 Å². The minimum absolute atomic E-state index is 0.00514. The number of alkyl carbamates (subject to hydrolysis) is 2. The maximum absolute atomic E-state index is 14.5. The van der Waals surface area contributed by atoms with Crippen LogP contribution in [0.5, 0.6) is 0 Å². The second-order valence-electron chi connectivity index (χ2n) is 20.5. The number of carbonyl (C=O) groups is 6. The third kappa shape index (κ3) is 20.0. The Labute approximate surface area is 477 Å². The number of rotatable bonds is 21. The van der Waals surface area contributed by atoms with Gasteiger partial charge in [-0.05, 0) is 99.6 Å². The van der Waals surface area contributed by atoms with Crippen molar-refractivity contribution in [3.63, 3.8) is 0 Å². The fourth-order valence-electron chi connectivity index (χ4n) is 7.95. The number of methoxy groups -OCH3 is 2. The summed E-state index contributed by atoms with van der Waals surface area (Å²) in [4.78, 5) is 121. The SMILES string of the molecule is COC(=O)N[C@@H](CC/C=C/C(=O)N(C)C)C(=O)Nc1cc(C)cn(Cc2nc3c(F)cnc(CC(C)C)c3[nH]2)c1=O.COC(=O)N[C@@H](CC/C=C/C(=O)N(C)C)C(=O)O.Cc1cc(N)c(=O)n(Cc2nc3c(F)cnc(CC(C)C)c3[nH]2)c1. The Morgan fingerprint density at radius 2 is 1.12 bits per heavy atom. The molecule has 8 N–H and O–H groups in total. The normalized spacial score (nSPS) is 11.9. The fraction of sp³-hybridized carbons (Fsp3) is 0.429. The first-order chi connectivity index (χ1) is 39.1. The van der Waals surface area contributed by atoms with E-state index >= 15 is 0 Å². The molecule has 0 saturated carbocycles. The van der Waals surface area contributed by atoms with Gasteiger partial charge in [-0.1, -0.05) is 39.8 Å². The summed E-state index contributed by atoms with van der Waals surface area (Å²) in [5, 5.41) is 16.1. The van der Waals surface area contributed by atoms with E-state index in [1.165, 1.54) is 50.5 Å². The average Bonchev–Trinajstić information content (AvgIpc) is 4.23. The lowest BCUT2D eigenvalue weighted by atomic mass is 10.1. The molecule has 27 heteroatoms. The first-order valence-corrected chi connectivity index (χ1v) is 26.3. The van der Waals surface area contributed by atoms with Crippen molar-refractivity contribution >= 4 is 69.3 Å². The number of nitrogens with two attached hydrogens (primary N) is 1. The molecule has 25 nitrogen and oxygen atoms in total. The quantitative estimate of drug-likeness (QED) is 0.0436. The molecular weight excluding hydrogens is 1080 g/mol. The van der Waals surface area contributed by atoms with Crippen molar-refractivity contribution in [2.75, 3.05) is 53.5 Å². The molecule has 5 amide bonds. The van der Waals surface area contributed by atoms with Crippen LogP contribution < -0.4 is 32.8 Å². The van der Waals surface area contributed by atoms with Gasteiger partial charge in [-0.25, -0.2) is 33.1 Å². The number of nitrogens with zero attached hydrogens (tertiary/aromatic N) is 8. The van der Waals surface area contributed by atoms with E-state index in [2.05, 4.69) is 69.2 Å². The predicted molar refractivity (Wildman–Crippen MR) is 307 cm³/mol. The highest BCUT2D eigenvalue weighted by Crippen LogP contribution is 2.23. The summed E-state index contributed by atoms with van der Waals surface area (Å²) in [6.45, 7) is 12.0. The number of imidazole rings is 2. The molecule has 0 unspecified atom stereocenters. The van der Waals surface area contributed by atoms with Crippen LogP contribution in [0.1, 0.15) is 87.5 Å². The van der Waals surface area contributed by atoms with E-state index in [0.717, 1.165) is 31.0 Å². The van der Waals surface area contributed by atoms with E-state index in [4.69, 9.17) is 10.8 Å². The largest absolute Gasteiger partial charge is 0.480 e. The number of aromatic nitrogens is 8. The molecule has 6 aromatic rings. The number of pyridine rings is 4. The van der Waals surface area contributed by atoms with Crippen molar-refractivity contribution in [3.8, 4) is 0 Å². The van der Waals surface area contributed by atoms with Gasteiger partial charge in [0.1, 0.15) is 40.5 Å². The van der Waals surface area contributed by atoms with Crippen LogP contribution in [0, 0.1) is 37.3 Å². The standard InChI is InChI=1S/C28H36FN7O5.C17H20FN5O.C11H18N2O5/c1-16(2)11-20-25-24(18(29)13-30-20)33-22(34-25)15-36-14-17(3)12-21(27(36)39)31-26(38)19(32-28(40)41-6)9-7-8-10-23(37)35(4)5;1-9(2)4-13-16-15(11(18)6-20-13)21-14(22-16)8-23-7-10(3)5-12(19)17(23)24;1-13(2)9(14)7-5-4-6-8(10(15)16)12-11(17)18-3/h8,10,12-14,16,19H,7,9,11,15H2,1-6H3,(H,31,38)(H,32,40)(H,33,34);5-7,9H,4,8,19H2,1-3H3,(H,21,22);5,7-8H,4,6H2,1-3H3,(H,12,17)(H,15,16)/b10-8+;;7-5+/t19-;;8-/m0.0/s1. The number of ether oxygens (including phenoxy) is 2. The average molecular weight is 1160 g/mol. The van der Waals surface area contributed by atoms with Gasteiger partial charge < -0.3 is 65.2 Å². The Morgan fingerprint density at radius 1 is 0.699 bits per heavy atom. The summed E-state index contributed by atoms with van der Waals surface area (Å²) in [7, 11) is 8.79. The van der Waals surface area contributed by atoms with Gasteiger partial charge in [-0.2, -0.15) is 0 Å². The van der Waals surface area contributed by atoms with Crippen molar-refractivity contribution < 1.29 is 52.1 Å². The van der Waals surface area contributed by atoms with Gasteiger partial charge in [-0.3, -0.25) is 33.9 Å². The zero-order chi connectivity index (χ0) is 61.8. The fourth-order valence-corrected chi connectivity index (χ4v) is 7.95. The zero-order valence-corrected chi connectivity index (χ0v) is 48.7. The smallest absolute Gasteiger partial charge is 0.407 e. The van der Waals surface area contributed by atoms with Crippen LogP contribution in [0.3, 0.4) is 0 Å². The van der Waals surface area contributed by atoms with Gasteiger partial charge in [0.25, 0.3) is 11.1 Å². The molecule has 6 heterocycles. The number of aromatic amines is 2. The summed E-state index contributed by atoms with van der Waals surface area (Å²) in [6, 6.07) is 1.07. The number of nitrogens with one attached hydrogen (secondary N) is 5. The van der Waals surface area contributed by atoms with Crippen molar-refractivity contribution in [2.45, 2.75) is 105 Å². The van der Waals surface area contributed by atoms with Gasteiger partial charge in [0, 0.05) is 40.6 Å². The summed E-state index contributed by atoms with van der Waals surface area (Å²) in [5.74, 6) is -1.69. The van der Waals surface area contributed by atoms with Crippen LogP contribution in [0.25, 0.3) is 22.1 Å². The zero-order valence-electron chi connectivity index (χ0n) is 48.7. The van der Waals surface area contributed by atoms with Crippen molar-refractivity contribution in [3.05, 3.63) is 128 Å². The van der Waals surface area contributed by atoms with Crippen LogP contribution in [0.4, 0.5) is 29.7 Å². The number of aryl methyl sites for hydroxylation is 2. The second kappa shape index (κ2) is 31.1. The maximum Gasteiger partial charge on any atom is 0.407 e. The molecule has 0 fully saturated rings. The van der Waals surface area contributed by atoms with Gasteiger partial charge >= 0.3 is 18.2 Å². The first-order valence-electron chi connectivity index (χ1n) is 26.3. The Hall–Kier alpha value is -9.30. The third-order valence-corrected chi connectivity index (χ3v) is 12.0. The minimum atomic E-state index is -1.15. The number of carbonyl (C=O) groups excluding carboxylic acids is 5. The molecule has 2 atom stereocenters. The number of carboxylic acid groups (broad SMARTS) is 1. The van der Waals surface area contributed by atoms with Gasteiger partial charge in [0.05, 0.1) is 67.8 Å². The number of hydrogen-bond donors (Lipinski definition) is 7. The highest BCUT2D eigenvalue weighted by atomic mass is 19.1. The third-order valence-electron chi connectivity index (χ3n) is 12.0. The molecule has 0 aliphatic rings. The highest BCUT2D eigenvalue weighted by molar-refractivity contribution is 5.96. The lowest BCUT2D eigenvalue weighted by Gasteiger charge is -2.18. The van der Waals surface area contributed by atoms with Crippen LogP contribution in [-0.4, -0.2) is 144 Å². The molecule has 0 aromatic carbocycles. The topological polar surface area (TPSA) is 337 Å². The van der Waals surface area contributed by atoms with Crippen LogP contribution in [0.15, 0.2) is 70.8 Å². The van der Waals surface area contributed by atoms with Crippen LogP contribution >= 0.6 is 0 Å². The van der Waals surface area contributed by atoms with E-state index in [-0.39, 0.29) is 65.7 Å². The number of H-pyrrole nitrogens is 2. The van der Waals surface area contributed by atoms with Crippen LogP contribution in [-0.2, 0) is 54.6 Å². The monoisotopic (exact) mass is 1160 g/mol. The molecule has 0 saturated heterocycles. The Morgan fingerprint density at radius 3 is 1.54 bits per heavy atom. The Kier molecular flexibility index (Phi) is 24.8. The second-order valence-corrected chi connectivity index (χ2v) is 20.5. The molecule has 0 bridgehead atoms. The number of likely N-dealkylation sites (N-methyl/N-ethyl adjacent to an activating group) is 2. The predicted octanol–water partition coefficient (Wildman–Crippen LogP) is 5.52. The number of fused-ring (bicyclic) bond motifs is 2. The molecule has 6 aromatic heterocycles. The minimum Gasteiger partial charge on any atom is -0.480 e. The maximum atomic E-state index is 14.5. The number of anilines is 2. The van der Waals surface area contributed by atoms with Gasteiger partial charge in [-0.15, -0.1) is 0 Å². The Balaban J connectivity index is 0.000000297. The lowest BCUT2D eigenvalue weighted by molar-refractivity contribution is -0.139. The summed E-state index contributed by atoms with van der Waals surface area (Å²) in [6.07, 6.45) is 12.3. The van der Waals surface area contributed by atoms with Gasteiger partial charge in [0.2, 0.25) is 17.7 Å². The number of allylic oxidation sites excluding steroid dienone is 2. The highest BCUT2D eigenvalue weighted by Gasteiger charge is 2.24. The number of hydrogen-bond acceptors (Lipinski definition) is 15. The number of nitrogen functional groups attached to an aromatic ring is 1. The summed E-state index contributed by atoms with van der Waals surface area (Å²) >= 11 is 0. The molecule has 448 valence electrons. The van der Waals surface area contributed by atoms with Crippen molar-refractivity contribution in [2.24, 2.45) is 11.8 Å². The molecular formula is C56H74F2N14O11. The lowest BCUT2D eigenvalue weighted by Crippen LogP contribution is -2.44. The molecule has 83 heavy (non-hydrogen) atoms. The van der Waals surface area contributed by atoms with Gasteiger partial charge in [0.15, 0.2) is 11.6 Å². The molecule has 0 radical (unpaired) electrons. The van der Waals surface area contributed by atoms with E-state index in [9.17, 15) is 47.1 Å². The van der Waals surface area contributed by atoms with E-state index < -0.39 is 53.3 Å². The molecule has 0 aliphatic heterocycles. The number of aliphatic carboxylic acids is 1. The van der Waals surface area contributed by atoms with E-state index in [0.29, 0.717) is 65.0 Å². The Bertz CT molecular complexity index is 3450. The summed E-state index contributed by atoms with van der Waals surface area (Å²) < 4.78 is 40.3. The molecule has 6 rings (SSSR count). The number of carboxylic acids is 1. The summed E-state index contributed by atoms with van der Waals surface area (Å²) in [5.41, 5.74) is 9.58. The molecule has 0 aliphatic carbocycles. The number of amides is 5. The first kappa shape index (κ1) is 66.2. The van der Waals surface area contributed by atoms with E-state index in [1.54, 1.807) is 65.7 Å².